The molecule has 1 heterocycles. The molecule has 0 spiro atoms. The molecule has 0 atom stereocenters. The van der Waals surface area contributed by atoms with Crippen LogP contribution in [0.1, 0.15) is 35.5 Å². The van der Waals surface area contributed by atoms with Gasteiger partial charge in [-0.25, -0.2) is 0 Å². The lowest BCUT2D eigenvalue weighted by Crippen LogP contribution is -2.08. The number of rotatable bonds is 6. The number of methoxy groups -OCH3 is 1. The van der Waals surface area contributed by atoms with Crippen molar-refractivity contribution in [1.29, 1.82) is 5.26 Å². The molecule has 0 bridgehead atoms. The van der Waals surface area contributed by atoms with Crippen LogP contribution in [-0.4, -0.2) is 24.0 Å². The molecule has 142 valence electrons. The van der Waals surface area contributed by atoms with Crippen molar-refractivity contribution in [1.82, 2.24) is 4.98 Å². The number of allylic oxidation sites excluding steroid dienone is 1. The molecule has 5 heteroatoms. The number of carbonyl (C=O) groups excluding carboxylic acids is 1. The van der Waals surface area contributed by atoms with E-state index in [1.165, 1.54) is 0 Å². The number of ketones is 1. The fraction of sp³-hybridized carbons (Fsp3) is 0.217. The van der Waals surface area contributed by atoms with E-state index in [2.05, 4.69) is 4.98 Å². The molecular formula is C23H22N2O3. The van der Waals surface area contributed by atoms with Crippen LogP contribution < -0.4 is 9.47 Å². The van der Waals surface area contributed by atoms with E-state index in [9.17, 15) is 10.1 Å². The average Bonchev–Trinajstić information content (AvgIpc) is 3.01. The number of benzene rings is 2. The first-order valence-corrected chi connectivity index (χ1v) is 9.03. The number of H-pyrrole nitrogens is 1. The van der Waals surface area contributed by atoms with E-state index in [1.807, 2.05) is 51.1 Å². The van der Waals surface area contributed by atoms with Gasteiger partial charge in [0.25, 0.3) is 0 Å². The molecule has 1 N–H and O–H groups in total. The molecule has 0 aliphatic heterocycles. The number of nitriles is 1. The molecule has 3 rings (SSSR count). The number of aromatic nitrogens is 1. The van der Waals surface area contributed by atoms with E-state index >= 15 is 0 Å². The fourth-order valence-electron chi connectivity index (χ4n) is 3.18. The van der Waals surface area contributed by atoms with Crippen molar-refractivity contribution in [3.8, 4) is 17.6 Å². The Morgan fingerprint density at radius 1 is 1.18 bits per heavy atom. The minimum atomic E-state index is -0.323. The first-order chi connectivity index (χ1) is 13.5. The minimum absolute atomic E-state index is 0.0368. The summed E-state index contributed by atoms with van der Waals surface area (Å²) in [7, 11) is 1.56. The number of aryl methyl sites for hydroxylation is 1. The second kappa shape index (κ2) is 8.01. The number of para-hydroxylation sites is 2. The first-order valence-electron chi connectivity index (χ1n) is 9.03. The summed E-state index contributed by atoms with van der Waals surface area (Å²) in [5, 5.41) is 10.5. The van der Waals surface area contributed by atoms with Crippen molar-refractivity contribution in [2.75, 3.05) is 7.11 Å². The summed E-state index contributed by atoms with van der Waals surface area (Å²) in [6.07, 6.45) is 1.48. The van der Waals surface area contributed by atoms with Gasteiger partial charge in [-0.05, 0) is 39.0 Å². The van der Waals surface area contributed by atoms with Gasteiger partial charge in [-0.3, -0.25) is 4.79 Å². The molecule has 5 nitrogen and oxygen atoms in total. The van der Waals surface area contributed by atoms with Crippen LogP contribution in [0.4, 0.5) is 0 Å². The van der Waals surface area contributed by atoms with Crippen LogP contribution in [0.5, 0.6) is 11.5 Å². The van der Waals surface area contributed by atoms with Crippen molar-refractivity contribution in [2.45, 2.75) is 26.9 Å². The second-order valence-electron chi connectivity index (χ2n) is 6.71. The van der Waals surface area contributed by atoms with E-state index in [0.717, 1.165) is 16.6 Å². The normalized spacial score (nSPS) is 11.5. The van der Waals surface area contributed by atoms with E-state index in [-0.39, 0.29) is 17.5 Å². The molecule has 0 aliphatic rings. The topological polar surface area (TPSA) is 75.1 Å². The van der Waals surface area contributed by atoms with Crippen molar-refractivity contribution < 1.29 is 14.3 Å². The summed E-state index contributed by atoms with van der Waals surface area (Å²) in [6, 6.07) is 15.0. The number of hydrogen-bond acceptors (Lipinski definition) is 4. The molecular weight excluding hydrogens is 352 g/mol. The van der Waals surface area contributed by atoms with E-state index in [4.69, 9.17) is 9.47 Å². The highest BCUT2D eigenvalue weighted by atomic mass is 16.5. The van der Waals surface area contributed by atoms with Gasteiger partial charge in [0, 0.05) is 22.2 Å². The molecule has 0 saturated carbocycles. The van der Waals surface area contributed by atoms with Gasteiger partial charge in [0.05, 0.1) is 18.8 Å². The van der Waals surface area contributed by atoms with Crippen LogP contribution in [0, 0.1) is 18.3 Å². The SMILES string of the molecule is COc1cccc(/C=C(\C#N)C(=O)c2c(C)[nH]c3ccccc23)c1OC(C)C. The summed E-state index contributed by atoms with van der Waals surface area (Å²) in [5.74, 6) is 0.738. The van der Waals surface area contributed by atoms with Crippen molar-refractivity contribution >= 4 is 22.8 Å². The van der Waals surface area contributed by atoms with Gasteiger partial charge < -0.3 is 14.5 Å². The molecule has 2 aromatic carbocycles. The van der Waals surface area contributed by atoms with E-state index in [0.29, 0.717) is 22.6 Å². The average molecular weight is 374 g/mol. The molecule has 0 amide bonds. The van der Waals surface area contributed by atoms with Gasteiger partial charge in [-0.15, -0.1) is 0 Å². The third kappa shape index (κ3) is 3.63. The predicted molar refractivity (Wildman–Crippen MR) is 110 cm³/mol. The number of hydrogen-bond donors (Lipinski definition) is 1. The van der Waals surface area contributed by atoms with Gasteiger partial charge in [0.2, 0.25) is 5.78 Å². The third-order valence-electron chi connectivity index (χ3n) is 4.37. The maximum atomic E-state index is 13.2. The number of ether oxygens (including phenoxy) is 2. The Labute approximate surface area is 164 Å². The van der Waals surface area contributed by atoms with Gasteiger partial charge in [0.1, 0.15) is 11.6 Å². The Morgan fingerprint density at radius 3 is 2.61 bits per heavy atom. The fourth-order valence-corrected chi connectivity index (χ4v) is 3.18. The Morgan fingerprint density at radius 2 is 1.93 bits per heavy atom. The lowest BCUT2D eigenvalue weighted by molar-refractivity contribution is 0.104. The number of nitrogens with zero attached hydrogens (tertiary/aromatic N) is 1. The molecule has 28 heavy (non-hydrogen) atoms. The maximum absolute atomic E-state index is 13.2. The zero-order valence-corrected chi connectivity index (χ0v) is 16.4. The van der Waals surface area contributed by atoms with Gasteiger partial charge in [-0.1, -0.05) is 30.3 Å². The smallest absolute Gasteiger partial charge is 0.205 e. The third-order valence-corrected chi connectivity index (χ3v) is 4.37. The van der Waals surface area contributed by atoms with E-state index in [1.54, 1.807) is 31.4 Å². The number of aromatic amines is 1. The lowest BCUT2D eigenvalue weighted by atomic mass is 9.99. The van der Waals surface area contributed by atoms with E-state index < -0.39 is 0 Å². The van der Waals surface area contributed by atoms with Crippen LogP contribution in [0.3, 0.4) is 0 Å². The Hall–Kier alpha value is -3.52. The van der Waals surface area contributed by atoms with Crippen molar-refractivity contribution in [3.05, 3.63) is 64.9 Å². The van der Waals surface area contributed by atoms with Gasteiger partial charge in [-0.2, -0.15) is 5.26 Å². The van der Waals surface area contributed by atoms with Crippen LogP contribution in [0.2, 0.25) is 0 Å². The first kappa shape index (κ1) is 19.2. The highest BCUT2D eigenvalue weighted by Gasteiger charge is 2.21. The largest absolute Gasteiger partial charge is 0.493 e. The van der Waals surface area contributed by atoms with Crippen molar-refractivity contribution in [2.24, 2.45) is 0 Å². The number of Topliss-reactive ketones (excluding diaryl/α,β-unsaturated/α-hetero) is 1. The highest BCUT2D eigenvalue weighted by Crippen LogP contribution is 2.34. The van der Waals surface area contributed by atoms with Crippen LogP contribution in [0.25, 0.3) is 17.0 Å². The molecule has 0 radical (unpaired) electrons. The summed E-state index contributed by atoms with van der Waals surface area (Å²) in [5.41, 5.74) is 2.77. The number of carbonyl (C=O) groups is 1. The number of nitrogens with one attached hydrogen (secondary N) is 1. The molecule has 3 aromatic rings. The lowest BCUT2D eigenvalue weighted by Gasteiger charge is -2.16. The Bertz CT molecular complexity index is 1100. The quantitative estimate of drug-likeness (QED) is 0.372. The molecule has 1 aromatic heterocycles. The second-order valence-corrected chi connectivity index (χ2v) is 6.71. The zero-order valence-electron chi connectivity index (χ0n) is 16.4. The highest BCUT2D eigenvalue weighted by molar-refractivity contribution is 6.20. The standard InChI is InChI=1S/C23H22N2O3/c1-14(2)28-23-16(8-7-11-20(23)27-4)12-17(13-24)22(26)21-15(3)25-19-10-6-5-9-18(19)21/h5-12,14,25H,1-4H3/b17-12+. The monoisotopic (exact) mass is 374 g/mol. The van der Waals surface area contributed by atoms with Crippen LogP contribution in [0.15, 0.2) is 48.0 Å². The molecule has 0 unspecified atom stereocenters. The minimum Gasteiger partial charge on any atom is -0.493 e. The van der Waals surface area contributed by atoms with Crippen LogP contribution >= 0.6 is 0 Å². The summed E-state index contributed by atoms with van der Waals surface area (Å²) < 4.78 is 11.3. The van der Waals surface area contributed by atoms with Gasteiger partial charge >= 0.3 is 0 Å². The summed E-state index contributed by atoms with van der Waals surface area (Å²) in [6.45, 7) is 5.65. The van der Waals surface area contributed by atoms with Crippen molar-refractivity contribution in [3.63, 3.8) is 0 Å². The Balaban J connectivity index is 2.11. The zero-order chi connectivity index (χ0) is 20.3. The van der Waals surface area contributed by atoms with Crippen LogP contribution in [-0.2, 0) is 0 Å². The number of fused-ring (bicyclic) bond motifs is 1. The molecule has 0 aliphatic carbocycles. The summed E-state index contributed by atoms with van der Waals surface area (Å²) in [4.78, 5) is 16.4. The molecule has 0 saturated heterocycles. The predicted octanol–water partition coefficient (Wildman–Crippen LogP) is 5.06. The Kier molecular flexibility index (Phi) is 5.51. The molecule has 0 fully saturated rings. The van der Waals surface area contributed by atoms with Gasteiger partial charge in [0.15, 0.2) is 11.5 Å². The maximum Gasteiger partial charge on any atom is 0.205 e. The summed E-state index contributed by atoms with van der Waals surface area (Å²) >= 11 is 0.